The summed E-state index contributed by atoms with van der Waals surface area (Å²) in [6.45, 7) is 0. The van der Waals surface area contributed by atoms with Gasteiger partial charge in [0.2, 0.25) is 5.78 Å². The number of carbonyl (C=O) groups excluding carboxylic acids is 1. The van der Waals surface area contributed by atoms with Crippen LogP contribution in [-0.4, -0.2) is 11.5 Å². The van der Waals surface area contributed by atoms with Crippen molar-refractivity contribution in [1.82, 2.24) is 0 Å². The van der Waals surface area contributed by atoms with Gasteiger partial charge < -0.3 is 0 Å². The number of benzene rings is 2. The molecule has 2 aromatic carbocycles. The Balaban J connectivity index is 1.92. The molecule has 2 aromatic rings. The zero-order valence-electron chi connectivity index (χ0n) is 10.6. The van der Waals surface area contributed by atoms with Gasteiger partial charge in [0.25, 0.3) is 0 Å². The second kappa shape index (κ2) is 4.61. The molecule has 0 spiro atoms. The number of fused-ring (bicyclic) bond motifs is 1. The summed E-state index contributed by atoms with van der Waals surface area (Å²) < 4.78 is 15.0. The highest BCUT2D eigenvalue weighted by molar-refractivity contribution is 6.04. The van der Waals surface area contributed by atoms with Crippen molar-refractivity contribution in [2.75, 3.05) is 0 Å². The lowest BCUT2D eigenvalue weighted by Gasteiger charge is -2.29. The summed E-state index contributed by atoms with van der Waals surface area (Å²) in [6.07, 6.45) is 1.07. The first-order valence-corrected chi connectivity index (χ1v) is 6.55. The minimum atomic E-state index is -1.75. The van der Waals surface area contributed by atoms with Gasteiger partial charge in [-0.05, 0) is 24.0 Å². The van der Waals surface area contributed by atoms with Crippen LogP contribution in [0, 0.1) is 0 Å². The normalized spacial score (nSPS) is 22.1. The molecule has 2 heteroatoms. The molecule has 0 aliphatic heterocycles. The SMILES string of the molecule is O=C1c2ccccc2CCC1(F)Cc1ccccc1. The summed E-state index contributed by atoms with van der Waals surface area (Å²) in [7, 11) is 0. The molecule has 19 heavy (non-hydrogen) atoms. The summed E-state index contributed by atoms with van der Waals surface area (Å²) in [5.74, 6) is -0.363. The van der Waals surface area contributed by atoms with Gasteiger partial charge in [0.1, 0.15) is 0 Å². The highest BCUT2D eigenvalue weighted by Crippen LogP contribution is 2.34. The lowest BCUT2D eigenvalue weighted by molar-refractivity contribution is 0.0637. The predicted molar refractivity (Wildman–Crippen MR) is 73.1 cm³/mol. The third-order valence-electron chi connectivity index (χ3n) is 3.79. The van der Waals surface area contributed by atoms with Crippen molar-refractivity contribution in [3.05, 3.63) is 71.3 Å². The van der Waals surface area contributed by atoms with E-state index in [0.29, 0.717) is 12.0 Å². The van der Waals surface area contributed by atoms with Gasteiger partial charge in [-0.15, -0.1) is 0 Å². The van der Waals surface area contributed by atoms with E-state index in [1.165, 1.54) is 0 Å². The van der Waals surface area contributed by atoms with Crippen LogP contribution in [-0.2, 0) is 12.8 Å². The van der Waals surface area contributed by atoms with Crippen molar-refractivity contribution < 1.29 is 9.18 Å². The van der Waals surface area contributed by atoms with Crippen molar-refractivity contribution in [2.45, 2.75) is 24.9 Å². The minimum absolute atomic E-state index is 0.168. The Labute approximate surface area is 112 Å². The molecule has 0 fully saturated rings. The lowest BCUT2D eigenvalue weighted by Crippen LogP contribution is -2.40. The third kappa shape index (κ3) is 2.19. The number of hydrogen-bond donors (Lipinski definition) is 0. The van der Waals surface area contributed by atoms with E-state index in [2.05, 4.69) is 0 Å². The highest BCUT2D eigenvalue weighted by atomic mass is 19.1. The molecule has 0 aromatic heterocycles. The summed E-state index contributed by atoms with van der Waals surface area (Å²) in [5, 5.41) is 0. The Morgan fingerprint density at radius 2 is 1.68 bits per heavy atom. The van der Waals surface area contributed by atoms with Gasteiger partial charge in [0.15, 0.2) is 5.67 Å². The number of alkyl halides is 1. The largest absolute Gasteiger partial charge is 0.291 e. The highest BCUT2D eigenvalue weighted by Gasteiger charge is 2.42. The molecular weight excluding hydrogens is 239 g/mol. The van der Waals surface area contributed by atoms with Crippen LogP contribution in [0.3, 0.4) is 0 Å². The molecule has 1 aliphatic rings. The van der Waals surface area contributed by atoms with Crippen LogP contribution < -0.4 is 0 Å². The molecule has 1 nitrogen and oxygen atoms in total. The summed E-state index contributed by atoms with van der Waals surface area (Å²) in [4.78, 5) is 12.4. The van der Waals surface area contributed by atoms with E-state index in [-0.39, 0.29) is 18.6 Å². The topological polar surface area (TPSA) is 17.1 Å². The summed E-state index contributed by atoms with van der Waals surface area (Å²) in [6, 6.07) is 16.7. The third-order valence-corrected chi connectivity index (χ3v) is 3.79. The first-order chi connectivity index (χ1) is 9.19. The summed E-state index contributed by atoms with van der Waals surface area (Å²) >= 11 is 0. The van der Waals surface area contributed by atoms with Crippen molar-refractivity contribution in [3.8, 4) is 0 Å². The molecule has 1 atom stereocenters. The molecule has 0 heterocycles. The first-order valence-electron chi connectivity index (χ1n) is 6.55. The average molecular weight is 254 g/mol. The van der Waals surface area contributed by atoms with Crippen molar-refractivity contribution >= 4 is 5.78 Å². The maximum Gasteiger partial charge on any atom is 0.200 e. The molecule has 0 saturated carbocycles. The Morgan fingerprint density at radius 3 is 2.47 bits per heavy atom. The molecule has 0 bridgehead atoms. The fourth-order valence-electron chi connectivity index (χ4n) is 2.74. The predicted octanol–water partition coefficient (Wildman–Crippen LogP) is 3.77. The quantitative estimate of drug-likeness (QED) is 0.797. The molecule has 0 N–H and O–H groups in total. The fraction of sp³-hybridized carbons (Fsp3) is 0.235. The van der Waals surface area contributed by atoms with Gasteiger partial charge >= 0.3 is 0 Å². The maximum absolute atomic E-state index is 15.0. The van der Waals surface area contributed by atoms with E-state index in [4.69, 9.17) is 0 Å². The van der Waals surface area contributed by atoms with Crippen LogP contribution in [0.15, 0.2) is 54.6 Å². The van der Waals surface area contributed by atoms with Crippen molar-refractivity contribution in [3.63, 3.8) is 0 Å². The number of ketones is 1. The van der Waals surface area contributed by atoms with Crippen LogP contribution in [0.25, 0.3) is 0 Å². The van der Waals surface area contributed by atoms with Gasteiger partial charge in [-0.25, -0.2) is 4.39 Å². The summed E-state index contributed by atoms with van der Waals surface area (Å²) in [5.41, 5.74) is 0.633. The van der Waals surface area contributed by atoms with E-state index in [1.54, 1.807) is 12.1 Å². The van der Waals surface area contributed by atoms with Gasteiger partial charge in [0, 0.05) is 12.0 Å². The zero-order valence-corrected chi connectivity index (χ0v) is 10.6. The Hall–Kier alpha value is -1.96. The zero-order chi connectivity index (χ0) is 13.3. The molecule has 0 amide bonds. The first kappa shape index (κ1) is 12.1. The Kier molecular flexibility index (Phi) is 2.94. The van der Waals surface area contributed by atoms with Crippen LogP contribution in [0.2, 0.25) is 0 Å². The monoisotopic (exact) mass is 254 g/mol. The van der Waals surface area contributed by atoms with Gasteiger partial charge in [-0.3, -0.25) is 4.79 Å². The van der Waals surface area contributed by atoms with Gasteiger partial charge in [-0.1, -0.05) is 54.6 Å². The molecular formula is C17H15FO. The maximum atomic E-state index is 15.0. The fourth-order valence-corrected chi connectivity index (χ4v) is 2.74. The van der Waals surface area contributed by atoms with Crippen LogP contribution in [0.4, 0.5) is 4.39 Å². The molecule has 1 aliphatic carbocycles. The van der Waals surface area contributed by atoms with E-state index in [0.717, 1.165) is 11.1 Å². The van der Waals surface area contributed by atoms with Crippen LogP contribution in [0.1, 0.15) is 27.9 Å². The number of carbonyl (C=O) groups is 1. The number of Topliss-reactive ketones (excluding diaryl/α,β-unsaturated/α-hetero) is 1. The smallest absolute Gasteiger partial charge is 0.200 e. The second-order valence-electron chi connectivity index (χ2n) is 5.11. The number of halogens is 1. The molecule has 3 rings (SSSR count). The van der Waals surface area contributed by atoms with Crippen LogP contribution in [0.5, 0.6) is 0 Å². The average Bonchev–Trinajstić information content (AvgIpc) is 2.45. The van der Waals surface area contributed by atoms with Crippen molar-refractivity contribution in [1.29, 1.82) is 0 Å². The van der Waals surface area contributed by atoms with E-state index >= 15 is 0 Å². The van der Waals surface area contributed by atoms with Gasteiger partial charge in [-0.2, -0.15) is 0 Å². The minimum Gasteiger partial charge on any atom is -0.291 e. The number of rotatable bonds is 2. The molecule has 96 valence electrons. The Bertz CT molecular complexity index is 606. The van der Waals surface area contributed by atoms with Crippen LogP contribution >= 0.6 is 0 Å². The number of hydrogen-bond acceptors (Lipinski definition) is 1. The van der Waals surface area contributed by atoms with Crippen molar-refractivity contribution in [2.24, 2.45) is 0 Å². The standard InChI is InChI=1S/C17H15FO/c18-17(12-13-6-2-1-3-7-13)11-10-14-8-4-5-9-15(14)16(17)19/h1-9H,10-12H2. The van der Waals surface area contributed by atoms with E-state index in [1.807, 2.05) is 42.5 Å². The second-order valence-corrected chi connectivity index (χ2v) is 5.11. The number of aryl methyl sites for hydroxylation is 1. The Morgan fingerprint density at radius 1 is 1.00 bits per heavy atom. The van der Waals surface area contributed by atoms with Gasteiger partial charge in [0.05, 0.1) is 0 Å². The van der Waals surface area contributed by atoms with E-state index < -0.39 is 5.67 Å². The van der Waals surface area contributed by atoms with E-state index in [9.17, 15) is 9.18 Å². The molecule has 0 saturated heterocycles. The lowest BCUT2D eigenvalue weighted by atomic mass is 9.77. The molecule has 0 radical (unpaired) electrons. The molecule has 1 unspecified atom stereocenters.